The molecule has 308 valence electrons. The molecule has 0 heterocycles. The van der Waals surface area contributed by atoms with E-state index in [1.165, 1.54) is 135 Å². The van der Waals surface area contributed by atoms with Gasteiger partial charge in [0, 0.05) is 19.3 Å². The van der Waals surface area contributed by atoms with Crippen LogP contribution < -0.4 is 0 Å². The molecule has 6 heteroatoms. The summed E-state index contributed by atoms with van der Waals surface area (Å²) in [5.41, 5.74) is 0. The highest BCUT2D eigenvalue weighted by Crippen LogP contribution is 2.17. The number of esters is 3. The van der Waals surface area contributed by atoms with Crippen LogP contribution in [0.2, 0.25) is 0 Å². The summed E-state index contributed by atoms with van der Waals surface area (Å²) in [6.45, 7) is 11.3. The van der Waals surface area contributed by atoms with Gasteiger partial charge < -0.3 is 14.2 Å². The molecule has 0 N–H and O–H groups in total. The predicted molar refractivity (Wildman–Crippen MR) is 220 cm³/mol. The average molecular weight is 737 g/mol. The third-order valence-corrected chi connectivity index (χ3v) is 10.6. The van der Waals surface area contributed by atoms with Gasteiger partial charge in [-0.15, -0.1) is 0 Å². The minimum absolute atomic E-state index is 0.0653. The first-order valence-corrected chi connectivity index (χ1v) is 22.8. The number of carbonyl (C=O) groups excluding carboxylic acids is 3. The van der Waals surface area contributed by atoms with Gasteiger partial charge in [0.05, 0.1) is 0 Å². The Labute approximate surface area is 323 Å². The maximum Gasteiger partial charge on any atom is 0.306 e. The molecule has 6 nitrogen and oxygen atoms in total. The highest BCUT2D eigenvalue weighted by atomic mass is 16.6. The van der Waals surface area contributed by atoms with Crippen LogP contribution in [0.1, 0.15) is 247 Å². The fourth-order valence-electron chi connectivity index (χ4n) is 6.72. The van der Waals surface area contributed by atoms with Crippen molar-refractivity contribution >= 4 is 17.9 Å². The number of unbranched alkanes of at least 4 members (excludes halogenated alkanes) is 24. The first-order chi connectivity index (χ1) is 25.3. The van der Waals surface area contributed by atoms with E-state index in [9.17, 15) is 14.4 Å². The normalized spacial score (nSPS) is 12.6. The summed E-state index contributed by atoms with van der Waals surface area (Å²) >= 11 is 0. The summed E-state index contributed by atoms with van der Waals surface area (Å²) in [5, 5.41) is 0. The Morgan fingerprint density at radius 1 is 0.404 bits per heavy atom. The molecule has 0 aliphatic rings. The summed E-state index contributed by atoms with van der Waals surface area (Å²) in [5.74, 6) is 0.805. The van der Waals surface area contributed by atoms with Crippen molar-refractivity contribution < 1.29 is 28.6 Å². The van der Waals surface area contributed by atoms with Crippen molar-refractivity contribution in [3.8, 4) is 0 Å². The van der Waals surface area contributed by atoms with E-state index < -0.39 is 6.10 Å². The number of rotatable bonds is 40. The van der Waals surface area contributed by atoms with Gasteiger partial charge in [-0.25, -0.2) is 0 Å². The van der Waals surface area contributed by atoms with Gasteiger partial charge in [-0.3, -0.25) is 14.4 Å². The molecule has 0 bridgehead atoms. The van der Waals surface area contributed by atoms with E-state index in [0.717, 1.165) is 69.6 Å². The van der Waals surface area contributed by atoms with Crippen LogP contribution in [0.3, 0.4) is 0 Å². The predicted octanol–water partition coefficient (Wildman–Crippen LogP) is 14.2. The zero-order valence-corrected chi connectivity index (χ0v) is 35.4. The standard InChI is InChI=1S/C46H88O6/c1-6-8-9-10-11-14-23-28-33-38-46(49)52-43(40-51-45(48)37-32-27-22-18-17-19-24-29-34-41(3)4)39-50-44(47)36-31-26-21-16-13-12-15-20-25-30-35-42(5)7-2/h41-43H,6-40H2,1-5H3/t42?,43-/m1/s1. The Hall–Kier alpha value is -1.59. The smallest absolute Gasteiger partial charge is 0.306 e. The molecular weight excluding hydrogens is 649 g/mol. The Morgan fingerprint density at radius 3 is 1.10 bits per heavy atom. The van der Waals surface area contributed by atoms with Crippen LogP contribution in [0.5, 0.6) is 0 Å². The molecule has 0 saturated heterocycles. The molecule has 0 aliphatic carbocycles. The van der Waals surface area contributed by atoms with Crippen LogP contribution in [0, 0.1) is 11.8 Å². The summed E-state index contributed by atoms with van der Waals surface area (Å²) in [7, 11) is 0. The Kier molecular flexibility index (Phi) is 37.9. The molecule has 0 fully saturated rings. The molecule has 0 saturated carbocycles. The Morgan fingerprint density at radius 2 is 0.731 bits per heavy atom. The summed E-state index contributed by atoms with van der Waals surface area (Å²) in [6.07, 6.45) is 36.6. The molecule has 0 radical (unpaired) electrons. The van der Waals surface area contributed by atoms with Crippen LogP contribution in [0.25, 0.3) is 0 Å². The van der Waals surface area contributed by atoms with Gasteiger partial charge >= 0.3 is 17.9 Å². The van der Waals surface area contributed by atoms with Crippen molar-refractivity contribution in [3.05, 3.63) is 0 Å². The van der Waals surface area contributed by atoms with Crippen LogP contribution in [-0.2, 0) is 28.6 Å². The quantitative estimate of drug-likeness (QED) is 0.0354. The van der Waals surface area contributed by atoms with Crippen LogP contribution in [-0.4, -0.2) is 37.2 Å². The zero-order valence-electron chi connectivity index (χ0n) is 35.4. The highest BCUT2D eigenvalue weighted by molar-refractivity contribution is 5.71. The van der Waals surface area contributed by atoms with Gasteiger partial charge in [-0.05, 0) is 31.1 Å². The Balaban J connectivity index is 4.31. The van der Waals surface area contributed by atoms with Gasteiger partial charge in [0.1, 0.15) is 13.2 Å². The number of hydrogen-bond donors (Lipinski definition) is 0. The van der Waals surface area contributed by atoms with Gasteiger partial charge in [-0.2, -0.15) is 0 Å². The lowest BCUT2D eigenvalue weighted by Gasteiger charge is -2.18. The van der Waals surface area contributed by atoms with Crippen molar-refractivity contribution in [2.45, 2.75) is 253 Å². The van der Waals surface area contributed by atoms with E-state index >= 15 is 0 Å². The second kappa shape index (κ2) is 39.1. The molecule has 0 aromatic carbocycles. The number of hydrogen-bond acceptors (Lipinski definition) is 6. The lowest BCUT2D eigenvalue weighted by molar-refractivity contribution is -0.167. The molecule has 1 unspecified atom stereocenters. The van der Waals surface area contributed by atoms with E-state index in [1.807, 2.05) is 0 Å². The third kappa shape index (κ3) is 38.1. The molecule has 0 amide bonds. The molecule has 0 aromatic rings. The Bertz CT molecular complexity index is 796. The molecule has 52 heavy (non-hydrogen) atoms. The third-order valence-electron chi connectivity index (χ3n) is 10.6. The molecule has 0 spiro atoms. The fourth-order valence-corrected chi connectivity index (χ4v) is 6.72. The molecular formula is C46H88O6. The first-order valence-electron chi connectivity index (χ1n) is 22.8. The molecule has 0 aromatic heterocycles. The van der Waals surface area contributed by atoms with Gasteiger partial charge in [-0.1, -0.05) is 208 Å². The van der Waals surface area contributed by atoms with Crippen molar-refractivity contribution in [3.63, 3.8) is 0 Å². The van der Waals surface area contributed by atoms with Crippen LogP contribution >= 0.6 is 0 Å². The van der Waals surface area contributed by atoms with E-state index in [-0.39, 0.29) is 31.1 Å². The van der Waals surface area contributed by atoms with Crippen molar-refractivity contribution in [1.82, 2.24) is 0 Å². The molecule has 0 aliphatic heterocycles. The van der Waals surface area contributed by atoms with Crippen LogP contribution in [0.15, 0.2) is 0 Å². The minimum Gasteiger partial charge on any atom is -0.462 e. The number of ether oxygens (including phenoxy) is 3. The van der Waals surface area contributed by atoms with Crippen molar-refractivity contribution in [1.29, 1.82) is 0 Å². The van der Waals surface area contributed by atoms with Gasteiger partial charge in [0.15, 0.2) is 6.10 Å². The zero-order chi connectivity index (χ0) is 38.3. The second-order valence-corrected chi connectivity index (χ2v) is 16.4. The van der Waals surface area contributed by atoms with Gasteiger partial charge in [0.25, 0.3) is 0 Å². The number of carbonyl (C=O) groups is 3. The molecule has 0 rings (SSSR count). The second-order valence-electron chi connectivity index (χ2n) is 16.4. The summed E-state index contributed by atoms with van der Waals surface area (Å²) in [4.78, 5) is 37.6. The van der Waals surface area contributed by atoms with E-state index in [1.54, 1.807) is 0 Å². The van der Waals surface area contributed by atoms with Crippen molar-refractivity contribution in [2.24, 2.45) is 11.8 Å². The van der Waals surface area contributed by atoms with Crippen molar-refractivity contribution in [2.75, 3.05) is 13.2 Å². The largest absolute Gasteiger partial charge is 0.462 e. The maximum absolute atomic E-state index is 12.7. The lowest BCUT2D eigenvalue weighted by atomic mass is 9.99. The summed E-state index contributed by atoms with van der Waals surface area (Å²) in [6, 6.07) is 0. The fraction of sp³-hybridized carbons (Fsp3) is 0.935. The first kappa shape index (κ1) is 50.4. The average Bonchev–Trinajstić information content (AvgIpc) is 3.12. The summed E-state index contributed by atoms with van der Waals surface area (Å²) < 4.78 is 16.7. The minimum atomic E-state index is -0.760. The SMILES string of the molecule is CCCCCCCCCCCC(=O)O[C@H](COC(=O)CCCCCCCCCCCCC(C)CC)COC(=O)CCCCCCCCCCC(C)C. The topological polar surface area (TPSA) is 78.9 Å². The highest BCUT2D eigenvalue weighted by Gasteiger charge is 2.19. The molecule has 2 atom stereocenters. The lowest BCUT2D eigenvalue weighted by Crippen LogP contribution is -2.30. The van der Waals surface area contributed by atoms with Crippen LogP contribution in [0.4, 0.5) is 0 Å². The monoisotopic (exact) mass is 737 g/mol. The van der Waals surface area contributed by atoms with Gasteiger partial charge in [0.2, 0.25) is 0 Å². The maximum atomic E-state index is 12.7. The van der Waals surface area contributed by atoms with E-state index in [2.05, 4.69) is 34.6 Å². The van der Waals surface area contributed by atoms with E-state index in [0.29, 0.717) is 19.3 Å². The van der Waals surface area contributed by atoms with E-state index in [4.69, 9.17) is 14.2 Å².